The quantitative estimate of drug-likeness (QED) is 0.182. The predicted molar refractivity (Wildman–Crippen MR) is 196 cm³/mol. The van der Waals surface area contributed by atoms with E-state index in [1.165, 1.54) is 65.3 Å². The molecule has 0 saturated heterocycles. The van der Waals surface area contributed by atoms with Gasteiger partial charge in [-0.05, 0) is 44.8 Å². The summed E-state index contributed by atoms with van der Waals surface area (Å²) in [4.78, 5) is 0. The first-order valence-corrected chi connectivity index (χ1v) is 15.6. The van der Waals surface area contributed by atoms with Gasteiger partial charge >= 0.3 is 0 Å². The number of fused-ring (bicyclic) bond motifs is 8. The molecule has 0 radical (unpaired) electrons. The van der Waals surface area contributed by atoms with Crippen LogP contribution in [-0.4, -0.2) is 9.13 Å². The molecule has 0 aliphatic heterocycles. The highest BCUT2D eigenvalue weighted by Gasteiger charge is 2.28. The van der Waals surface area contributed by atoms with Crippen molar-refractivity contribution in [1.82, 2.24) is 9.13 Å². The Hall–Kier alpha value is -6.22. The van der Waals surface area contributed by atoms with E-state index in [-0.39, 0.29) is 0 Å². The van der Waals surface area contributed by atoms with E-state index in [0.29, 0.717) is 13.1 Å². The summed E-state index contributed by atoms with van der Waals surface area (Å²) >= 11 is 0. The van der Waals surface area contributed by atoms with E-state index in [2.05, 4.69) is 154 Å². The number of aromatic nitrogens is 2. The Labute approximate surface area is 267 Å². The van der Waals surface area contributed by atoms with Crippen LogP contribution in [0.4, 0.5) is 0 Å². The Bertz CT molecular complexity index is 2570. The Morgan fingerprint density at radius 3 is 1.22 bits per heavy atom. The predicted octanol–water partition coefficient (Wildman–Crippen LogP) is 10.8. The minimum atomic E-state index is 0.450. The fraction of sp³-hybridized carbons (Fsp3) is 0.0455. The molecule has 0 fully saturated rings. The molecule has 9 rings (SSSR count). The first-order valence-electron chi connectivity index (χ1n) is 15.6. The van der Waals surface area contributed by atoms with Crippen molar-refractivity contribution in [2.75, 3.05) is 0 Å². The molecule has 9 aromatic rings. The van der Waals surface area contributed by atoms with Gasteiger partial charge in [-0.15, -0.1) is 12.8 Å². The highest BCUT2D eigenvalue weighted by molar-refractivity contribution is 6.34. The lowest BCUT2D eigenvalue weighted by molar-refractivity contribution is 0.922. The second-order valence-electron chi connectivity index (χ2n) is 11.9. The average molecular weight is 585 g/mol. The minimum absolute atomic E-state index is 0.450. The first kappa shape index (κ1) is 26.2. The number of rotatable bonds is 4. The monoisotopic (exact) mass is 584 g/mol. The summed E-state index contributed by atoms with van der Waals surface area (Å²) in [5, 5.41) is 9.55. The fourth-order valence-corrected chi connectivity index (χ4v) is 7.79. The van der Waals surface area contributed by atoms with Gasteiger partial charge in [0.1, 0.15) is 0 Å². The molecule has 7 aromatic carbocycles. The molecular weight excluding hydrogens is 556 g/mol. The van der Waals surface area contributed by atoms with Gasteiger partial charge in [-0.2, -0.15) is 0 Å². The standard InChI is InChI=1S/C44H28N2/c1-3-27-45-37-25-11-9-21-35(37)41-40(34-24-14-18-30-16-6-8-20-32(30)34)44-42(36-22-10-12-26-38(36)46(44)28-4-2)39(43(41)45)33-23-13-17-29-15-5-7-19-31(29)33/h1-2,5-26H,27-28H2. The third-order valence-corrected chi connectivity index (χ3v) is 9.53. The maximum Gasteiger partial charge on any atom is 0.0841 e. The Morgan fingerprint density at radius 1 is 0.413 bits per heavy atom. The van der Waals surface area contributed by atoms with Gasteiger partial charge in [0.25, 0.3) is 0 Å². The smallest absolute Gasteiger partial charge is 0.0841 e. The summed E-state index contributed by atoms with van der Waals surface area (Å²) in [6, 6.07) is 47.9. The number of hydrogen-bond donors (Lipinski definition) is 0. The van der Waals surface area contributed by atoms with E-state index in [1.807, 2.05) is 0 Å². The molecule has 2 aromatic heterocycles. The van der Waals surface area contributed by atoms with Gasteiger partial charge in [0, 0.05) is 32.7 Å². The molecule has 0 atom stereocenters. The van der Waals surface area contributed by atoms with Gasteiger partial charge in [-0.25, -0.2) is 0 Å². The molecule has 2 nitrogen and oxygen atoms in total. The summed E-state index contributed by atoms with van der Waals surface area (Å²) < 4.78 is 4.70. The number of terminal acetylenes is 2. The van der Waals surface area contributed by atoms with Crippen LogP contribution in [0.5, 0.6) is 0 Å². The topological polar surface area (TPSA) is 9.86 Å². The number of hydrogen-bond acceptors (Lipinski definition) is 0. The average Bonchev–Trinajstić information content (AvgIpc) is 3.60. The molecule has 0 saturated carbocycles. The number of para-hydroxylation sites is 2. The largest absolute Gasteiger partial charge is 0.328 e. The maximum absolute atomic E-state index is 6.15. The Balaban J connectivity index is 1.68. The summed E-state index contributed by atoms with van der Waals surface area (Å²) in [6.07, 6.45) is 12.3. The van der Waals surface area contributed by atoms with Crippen molar-refractivity contribution >= 4 is 65.2 Å². The fourth-order valence-electron chi connectivity index (χ4n) is 7.79. The molecule has 0 bridgehead atoms. The second kappa shape index (κ2) is 10.2. The van der Waals surface area contributed by atoms with Crippen molar-refractivity contribution < 1.29 is 0 Å². The van der Waals surface area contributed by atoms with Crippen LogP contribution in [0.1, 0.15) is 0 Å². The molecule has 0 aliphatic carbocycles. The summed E-state index contributed by atoms with van der Waals surface area (Å²) in [6.45, 7) is 0.899. The zero-order chi connectivity index (χ0) is 30.8. The van der Waals surface area contributed by atoms with Crippen LogP contribution in [0.25, 0.3) is 87.4 Å². The van der Waals surface area contributed by atoms with Gasteiger partial charge in [0.05, 0.1) is 35.2 Å². The summed E-state index contributed by atoms with van der Waals surface area (Å²) in [5.41, 5.74) is 9.28. The lowest BCUT2D eigenvalue weighted by atomic mass is 9.87. The van der Waals surface area contributed by atoms with Gasteiger partial charge in [0.2, 0.25) is 0 Å². The first-order chi connectivity index (χ1) is 22.8. The zero-order valence-electron chi connectivity index (χ0n) is 25.2. The molecule has 0 unspecified atom stereocenters. The molecule has 2 heteroatoms. The van der Waals surface area contributed by atoms with E-state index >= 15 is 0 Å². The van der Waals surface area contributed by atoms with Crippen LogP contribution in [0, 0.1) is 24.7 Å². The van der Waals surface area contributed by atoms with E-state index in [9.17, 15) is 0 Å². The van der Waals surface area contributed by atoms with E-state index in [4.69, 9.17) is 12.8 Å². The van der Waals surface area contributed by atoms with Crippen LogP contribution in [0.3, 0.4) is 0 Å². The highest BCUT2D eigenvalue weighted by Crippen LogP contribution is 2.52. The summed E-state index contributed by atoms with van der Waals surface area (Å²) in [7, 11) is 0. The molecular formula is C44H28N2. The van der Waals surface area contributed by atoms with Crippen molar-refractivity contribution in [2.45, 2.75) is 13.1 Å². The normalized spacial score (nSPS) is 11.6. The Kier molecular flexibility index (Phi) is 5.79. The molecule has 0 amide bonds. The van der Waals surface area contributed by atoms with Crippen molar-refractivity contribution in [3.05, 3.63) is 133 Å². The van der Waals surface area contributed by atoms with Gasteiger partial charge in [-0.1, -0.05) is 133 Å². The van der Waals surface area contributed by atoms with E-state index in [1.54, 1.807) is 0 Å². The lowest BCUT2D eigenvalue weighted by Crippen LogP contribution is -2.01. The zero-order valence-corrected chi connectivity index (χ0v) is 25.2. The minimum Gasteiger partial charge on any atom is -0.328 e. The van der Waals surface area contributed by atoms with Crippen LogP contribution in [-0.2, 0) is 13.1 Å². The van der Waals surface area contributed by atoms with Crippen molar-refractivity contribution in [2.24, 2.45) is 0 Å². The van der Waals surface area contributed by atoms with Crippen molar-refractivity contribution in [3.63, 3.8) is 0 Å². The molecule has 0 spiro atoms. The van der Waals surface area contributed by atoms with Gasteiger partial charge < -0.3 is 9.13 Å². The second-order valence-corrected chi connectivity index (χ2v) is 11.9. The number of nitrogens with zero attached hydrogens (tertiary/aromatic N) is 2. The van der Waals surface area contributed by atoms with Crippen LogP contribution in [0.2, 0.25) is 0 Å². The lowest BCUT2D eigenvalue weighted by Gasteiger charge is -2.19. The van der Waals surface area contributed by atoms with E-state index in [0.717, 1.165) is 22.1 Å². The van der Waals surface area contributed by atoms with Gasteiger partial charge in [0.15, 0.2) is 0 Å². The SMILES string of the molecule is C#CCn1c2ccccc2c2c(-c3cccc4ccccc34)c3c(c(-c4cccc5ccccc45)c21)c1ccccc1n3CC#C. The van der Waals surface area contributed by atoms with Crippen LogP contribution >= 0.6 is 0 Å². The third kappa shape index (κ3) is 3.56. The number of benzene rings is 7. The molecule has 2 heterocycles. The molecule has 46 heavy (non-hydrogen) atoms. The van der Waals surface area contributed by atoms with E-state index < -0.39 is 0 Å². The molecule has 0 N–H and O–H groups in total. The van der Waals surface area contributed by atoms with Crippen LogP contribution in [0.15, 0.2) is 133 Å². The highest BCUT2D eigenvalue weighted by atomic mass is 15.0. The molecule has 0 aliphatic rings. The van der Waals surface area contributed by atoms with Gasteiger partial charge in [-0.3, -0.25) is 0 Å². The molecule has 214 valence electrons. The maximum atomic E-state index is 6.15. The van der Waals surface area contributed by atoms with Crippen LogP contribution < -0.4 is 0 Å². The van der Waals surface area contributed by atoms with Crippen molar-refractivity contribution in [1.29, 1.82) is 0 Å². The van der Waals surface area contributed by atoms with Crippen molar-refractivity contribution in [3.8, 4) is 46.9 Å². The Morgan fingerprint density at radius 2 is 0.783 bits per heavy atom. The third-order valence-electron chi connectivity index (χ3n) is 9.53. The summed E-state index contributed by atoms with van der Waals surface area (Å²) in [5.74, 6) is 6.00.